The number of benzene rings is 2. The molecule has 1 N–H and O–H groups in total. The molecule has 4 aromatic rings. The van der Waals surface area contributed by atoms with Crippen molar-refractivity contribution in [3.63, 3.8) is 0 Å². The van der Waals surface area contributed by atoms with Crippen molar-refractivity contribution in [3.05, 3.63) is 66.2 Å². The molecule has 2 aromatic heterocycles. The summed E-state index contributed by atoms with van der Waals surface area (Å²) in [6.07, 6.45) is 3.08. The first-order chi connectivity index (χ1) is 12.2. The largest absolute Gasteiger partial charge is 0.341 e. The maximum atomic E-state index is 12.4. The van der Waals surface area contributed by atoms with Crippen LogP contribution in [0, 0.1) is 6.92 Å². The van der Waals surface area contributed by atoms with Crippen LogP contribution in [0.4, 0.5) is 5.69 Å². The highest BCUT2D eigenvalue weighted by Gasteiger charge is 2.12. The van der Waals surface area contributed by atoms with E-state index in [0.29, 0.717) is 5.69 Å². The zero-order valence-corrected chi connectivity index (χ0v) is 14.2. The van der Waals surface area contributed by atoms with Gasteiger partial charge in [-0.2, -0.15) is 0 Å². The second kappa shape index (κ2) is 6.02. The monoisotopic (exact) mass is 330 g/mol. The Bertz CT molecular complexity index is 1080. The number of nitrogens with zero attached hydrogens (tertiary/aromatic N) is 3. The topological polar surface area (TPSA) is 59.8 Å². The summed E-state index contributed by atoms with van der Waals surface area (Å²) < 4.78 is 2.28. The standard InChI is InChI=1S/C20H18N4O/c1-3-24-18-7-5-4-6-15(18)16-10-14(8-9-19(16)24)23-20(25)17-12-21-13(2)11-22-17/h4-12H,3H2,1-2H3,(H,23,25). The Morgan fingerprint density at radius 2 is 1.84 bits per heavy atom. The molecule has 0 aliphatic rings. The number of carbonyl (C=O) groups excluding carboxylic acids is 1. The van der Waals surface area contributed by atoms with Crippen LogP contribution in [-0.4, -0.2) is 20.4 Å². The van der Waals surface area contributed by atoms with E-state index in [9.17, 15) is 4.79 Å². The van der Waals surface area contributed by atoms with Gasteiger partial charge in [-0.25, -0.2) is 4.98 Å². The first-order valence-corrected chi connectivity index (χ1v) is 8.28. The first-order valence-electron chi connectivity index (χ1n) is 8.28. The zero-order chi connectivity index (χ0) is 17.4. The van der Waals surface area contributed by atoms with Crippen LogP contribution in [-0.2, 0) is 6.54 Å². The fraction of sp³-hybridized carbons (Fsp3) is 0.150. The minimum Gasteiger partial charge on any atom is -0.341 e. The number of anilines is 1. The van der Waals surface area contributed by atoms with Crippen molar-refractivity contribution in [1.29, 1.82) is 0 Å². The van der Waals surface area contributed by atoms with Crippen LogP contribution in [0.5, 0.6) is 0 Å². The van der Waals surface area contributed by atoms with Crippen molar-refractivity contribution in [2.75, 3.05) is 5.32 Å². The van der Waals surface area contributed by atoms with Crippen LogP contribution in [0.15, 0.2) is 54.9 Å². The first kappa shape index (κ1) is 15.3. The van der Waals surface area contributed by atoms with Gasteiger partial charge in [0.2, 0.25) is 0 Å². The van der Waals surface area contributed by atoms with Gasteiger partial charge < -0.3 is 9.88 Å². The minimum atomic E-state index is -0.258. The summed E-state index contributed by atoms with van der Waals surface area (Å²) in [6.45, 7) is 4.87. The molecular formula is C20H18N4O. The van der Waals surface area contributed by atoms with Gasteiger partial charge in [-0.15, -0.1) is 0 Å². The summed E-state index contributed by atoms with van der Waals surface area (Å²) in [5.74, 6) is -0.258. The van der Waals surface area contributed by atoms with Gasteiger partial charge >= 0.3 is 0 Å². The molecule has 0 fully saturated rings. The van der Waals surface area contributed by atoms with E-state index in [1.807, 2.05) is 31.2 Å². The lowest BCUT2D eigenvalue weighted by atomic mass is 10.1. The number of carbonyl (C=O) groups is 1. The summed E-state index contributed by atoms with van der Waals surface area (Å²) in [5.41, 5.74) is 4.20. The SMILES string of the molecule is CCn1c2ccccc2c2cc(NC(=O)c3cnc(C)cn3)ccc21. The molecule has 25 heavy (non-hydrogen) atoms. The Morgan fingerprint density at radius 3 is 2.60 bits per heavy atom. The van der Waals surface area contributed by atoms with Crippen LogP contribution in [0.3, 0.4) is 0 Å². The van der Waals surface area contributed by atoms with Gasteiger partial charge in [0.1, 0.15) is 5.69 Å². The maximum Gasteiger partial charge on any atom is 0.275 e. The number of amides is 1. The third-order valence-corrected chi connectivity index (χ3v) is 4.36. The van der Waals surface area contributed by atoms with Crippen molar-refractivity contribution in [3.8, 4) is 0 Å². The molecule has 124 valence electrons. The van der Waals surface area contributed by atoms with E-state index < -0.39 is 0 Å². The molecular weight excluding hydrogens is 312 g/mol. The Hall–Kier alpha value is -3.21. The van der Waals surface area contributed by atoms with Crippen LogP contribution in [0.2, 0.25) is 0 Å². The average molecular weight is 330 g/mol. The molecule has 4 rings (SSSR count). The average Bonchev–Trinajstić information content (AvgIpc) is 2.95. The molecule has 0 bridgehead atoms. The summed E-state index contributed by atoms with van der Waals surface area (Å²) >= 11 is 0. The lowest BCUT2D eigenvalue weighted by Gasteiger charge is -2.06. The Labute approximate surface area is 145 Å². The quantitative estimate of drug-likeness (QED) is 0.613. The number of fused-ring (bicyclic) bond motifs is 3. The van der Waals surface area contributed by atoms with Crippen LogP contribution >= 0.6 is 0 Å². The molecule has 0 saturated carbocycles. The molecule has 5 heteroatoms. The molecule has 0 radical (unpaired) electrons. The minimum absolute atomic E-state index is 0.258. The second-order valence-corrected chi connectivity index (χ2v) is 5.99. The molecule has 0 aliphatic carbocycles. The number of aromatic nitrogens is 3. The van der Waals surface area contributed by atoms with Gasteiger partial charge in [-0.05, 0) is 38.1 Å². The molecule has 5 nitrogen and oxygen atoms in total. The summed E-state index contributed by atoms with van der Waals surface area (Å²) in [5, 5.41) is 5.23. The highest BCUT2D eigenvalue weighted by molar-refractivity contribution is 6.10. The van der Waals surface area contributed by atoms with Gasteiger partial charge in [0.05, 0.1) is 11.9 Å². The molecule has 0 spiro atoms. The van der Waals surface area contributed by atoms with Crippen molar-refractivity contribution in [2.24, 2.45) is 0 Å². The Kier molecular flexibility index (Phi) is 3.69. The molecule has 0 aliphatic heterocycles. The van der Waals surface area contributed by atoms with Gasteiger partial charge in [-0.1, -0.05) is 18.2 Å². The number of hydrogen-bond donors (Lipinski definition) is 1. The van der Waals surface area contributed by atoms with E-state index in [0.717, 1.165) is 28.8 Å². The third kappa shape index (κ3) is 2.63. The predicted molar refractivity (Wildman–Crippen MR) is 99.8 cm³/mol. The Morgan fingerprint density at radius 1 is 1.04 bits per heavy atom. The van der Waals surface area contributed by atoms with Gasteiger partial charge in [-0.3, -0.25) is 9.78 Å². The third-order valence-electron chi connectivity index (χ3n) is 4.36. The molecule has 0 saturated heterocycles. The normalized spacial score (nSPS) is 11.1. The van der Waals surface area contributed by atoms with Crippen molar-refractivity contribution < 1.29 is 4.79 Å². The van der Waals surface area contributed by atoms with E-state index >= 15 is 0 Å². The van der Waals surface area contributed by atoms with Crippen molar-refractivity contribution in [2.45, 2.75) is 20.4 Å². The molecule has 2 heterocycles. The van der Waals surface area contributed by atoms with Crippen LogP contribution in [0.1, 0.15) is 23.1 Å². The fourth-order valence-corrected chi connectivity index (χ4v) is 3.18. The molecule has 2 aromatic carbocycles. The Balaban J connectivity index is 1.75. The van der Waals surface area contributed by atoms with Gasteiger partial charge in [0.15, 0.2) is 0 Å². The lowest BCUT2D eigenvalue weighted by Crippen LogP contribution is -2.14. The zero-order valence-electron chi connectivity index (χ0n) is 14.2. The fourth-order valence-electron chi connectivity index (χ4n) is 3.18. The molecule has 1 amide bonds. The number of aryl methyl sites for hydroxylation is 2. The number of rotatable bonds is 3. The van der Waals surface area contributed by atoms with E-state index in [-0.39, 0.29) is 5.91 Å². The van der Waals surface area contributed by atoms with Crippen LogP contribution < -0.4 is 5.32 Å². The highest BCUT2D eigenvalue weighted by Crippen LogP contribution is 2.31. The smallest absolute Gasteiger partial charge is 0.275 e. The van der Waals surface area contributed by atoms with E-state index in [1.165, 1.54) is 17.1 Å². The highest BCUT2D eigenvalue weighted by atomic mass is 16.1. The van der Waals surface area contributed by atoms with Gasteiger partial charge in [0, 0.05) is 40.2 Å². The second-order valence-electron chi connectivity index (χ2n) is 5.99. The summed E-state index contributed by atoms with van der Waals surface area (Å²) in [6, 6.07) is 14.3. The molecule has 0 unspecified atom stereocenters. The van der Waals surface area contributed by atoms with E-state index in [1.54, 1.807) is 6.20 Å². The maximum absolute atomic E-state index is 12.4. The number of nitrogens with one attached hydrogen (secondary N) is 1. The van der Waals surface area contributed by atoms with Crippen molar-refractivity contribution in [1.82, 2.24) is 14.5 Å². The predicted octanol–water partition coefficient (Wildman–Crippen LogP) is 4.17. The molecule has 0 atom stereocenters. The van der Waals surface area contributed by atoms with Crippen LogP contribution in [0.25, 0.3) is 21.8 Å². The van der Waals surface area contributed by atoms with E-state index in [2.05, 4.69) is 45.0 Å². The number of hydrogen-bond acceptors (Lipinski definition) is 3. The lowest BCUT2D eigenvalue weighted by molar-refractivity contribution is 0.102. The summed E-state index contributed by atoms with van der Waals surface area (Å²) in [4.78, 5) is 20.6. The summed E-state index contributed by atoms with van der Waals surface area (Å²) in [7, 11) is 0. The van der Waals surface area contributed by atoms with Crippen molar-refractivity contribution >= 4 is 33.4 Å². The van der Waals surface area contributed by atoms with Gasteiger partial charge in [0.25, 0.3) is 5.91 Å². The van der Waals surface area contributed by atoms with E-state index in [4.69, 9.17) is 0 Å². The number of para-hydroxylation sites is 1.